The highest BCUT2D eigenvalue weighted by Crippen LogP contribution is 2.21. The fraction of sp³-hybridized carbons (Fsp3) is 0.250. The standard InChI is InChI=1S/C20H21N9O/c1-28-6-8-29(9-7-28)20-21-11-13(12-22-20)19(30)25-17-10-16(26-27-17)18-23-14-4-2-3-5-15(14)24-18/h2-5,10-12H,6-9H2,1H3,(H,23,24)(H2,25,26,27,30). The van der Waals surface area contributed by atoms with Crippen LogP contribution in [-0.4, -0.2) is 74.2 Å². The Morgan fingerprint density at radius 2 is 1.87 bits per heavy atom. The molecule has 152 valence electrons. The van der Waals surface area contributed by atoms with Crippen LogP contribution >= 0.6 is 0 Å². The fourth-order valence-corrected chi connectivity index (χ4v) is 3.38. The van der Waals surface area contributed by atoms with Crippen molar-refractivity contribution in [3.63, 3.8) is 0 Å². The van der Waals surface area contributed by atoms with Crippen LogP contribution in [0.25, 0.3) is 22.6 Å². The van der Waals surface area contributed by atoms with Gasteiger partial charge in [-0.2, -0.15) is 5.10 Å². The Morgan fingerprint density at radius 1 is 1.10 bits per heavy atom. The van der Waals surface area contributed by atoms with Gasteiger partial charge in [-0.3, -0.25) is 9.89 Å². The molecule has 1 fully saturated rings. The molecule has 4 heterocycles. The van der Waals surface area contributed by atoms with Crippen molar-refractivity contribution >= 4 is 28.7 Å². The van der Waals surface area contributed by atoms with Crippen LogP contribution in [0.2, 0.25) is 0 Å². The number of benzene rings is 1. The molecule has 3 N–H and O–H groups in total. The van der Waals surface area contributed by atoms with E-state index in [1.807, 2.05) is 24.3 Å². The number of rotatable bonds is 4. The predicted molar refractivity (Wildman–Crippen MR) is 113 cm³/mol. The summed E-state index contributed by atoms with van der Waals surface area (Å²) in [6.07, 6.45) is 3.09. The van der Waals surface area contributed by atoms with Crippen LogP contribution in [0.15, 0.2) is 42.7 Å². The number of aromatic nitrogens is 6. The van der Waals surface area contributed by atoms with Gasteiger partial charge in [0.25, 0.3) is 5.91 Å². The zero-order chi connectivity index (χ0) is 20.5. The van der Waals surface area contributed by atoms with Crippen LogP contribution in [0, 0.1) is 0 Å². The summed E-state index contributed by atoms with van der Waals surface area (Å²) in [5.74, 6) is 1.39. The lowest BCUT2D eigenvalue weighted by Crippen LogP contribution is -2.45. The number of nitrogens with one attached hydrogen (secondary N) is 3. The fourth-order valence-electron chi connectivity index (χ4n) is 3.38. The molecule has 0 saturated carbocycles. The molecule has 1 amide bonds. The van der Waals surface area contributed by atoms with E-state index in [9.17, 15) is 4.79 Å². The second-order valence-corrected chi connectivity index (χ2v) is 7.29. The number of piperazine rings is 1. The van der Waals surface area contributed by atoms with Crippen molar-refractivity contribution < 1.29 is 4.79 Å². The number of hydrogen-bond acceptors (Lipinski definition) is 7. The molecule has 0 aliphatic carbocycles. The summed E-state index contributed by atoms with van der Waals surface area (Å²) in [6, 6.07) is 9.49. The minimum absolute atomic E-state index is 0.317. The Kier molecular flexibility index (Phi) is 4.60. The van der Waals surface area contributed by atoms with E-state index in [0.29, 0.717) is 28.8 Å². The maximum absolute atomic E-state index is 12.5. The van der Waals surface area contributed by atoms with Crippen LogP contribution in [0.3, 0.4) is 0 Å². The van der Waals surface area contributed by atoms with E-state index in [1.165, 1.54) is 0 Å². The number of aromatic amines is 2. The molecule has 1 aromatic carbocycles. The molecule has 10 nitrogen and oxygen atoms in total. The Hall–Kier alpha value is -3.79. The average molecular weight is 403 g/mol. The summed E-state index contributed by atoms with van der Waals surface area (Å²) >= 11 is 0. The Morgan fingerprint density at radius 3 is 2.63 bits per heavy atom. The van der Waals surface area contributed by atoms with Gasteiger partial charge in [-0.05, 0) is 19.2 Å². The molecule has 1 saturated heterocycles. The number of amides is 1. The topological polar surface area (TPSA) is 119 Å². The molecule has 0 radical (unpaired) electrons. The molecular weight excluding hydrogens is 382 g/mol. The minimum Gasteiger partial charge on any atom is -0.338 e. The third-order valence-corrected chi connectivity index (χ3v) is 5.15. The largest absolute Gasteiger partial charge is 0.338 e. The molecule has 5 rings (SSSR count). The van der Waals surface area contributed by atoms with Crippen molar-refractivity contribution in [3.05, 3.63) is 48.3 Å². The SMILES string of the molecule is CN1CCN(c2ncc(C(=O)Nc3cc(-c4nc5ccccc5[nH]4)[nH]n3)cn2)CC1. The third-order valence-electron chi connectivity index (χ3n) is 5.15. The first kappa shape index (κ1) is 18.3. The summed E-state index contributed by atoms with van der Waals surface area (Å²) in [4.78, 5) is 33.4. The van der Waals surface area contributed by atoms with E-state index in [0.717, 1.165) is 37.2 Å². The van der Waals surface area contributed by atoms with Crippen molar-refractivity contribution in [2.24, 2.45) is 0 Å². The van der Waals surface area contributed by atoms with Gasteiger partial charge in [0.15, 0.2) is 11.6 Å². The highest BCUT2D eigenvalue weighted by Gasteiger charge is 2.17. The van der Waals surface area contributed by atoms with Crippen LogP contribution in [-0.2, 0) is 0 Å². The Bertz CT molecular complexity index is 1140. The van der Waals surface area contributed by atoms with Gasteiger partial charge < -0.3 is 20.1 Å². The van der Waals surface area contributed by atoms with Crippen molar-refractivity contribution in [3.8, 4) is 11.5 Å². The third kappa shape index (κ3) is 3.60. The molecule has 1 aliphatic rings. The van der Waals surface area contributed by atoms with Gasteiger partial charge in [0.1, 0.15) is 5.69 Å². The first-order valence-electron chi connectivity index (χ1n) is 9.73. The van der Waals surface area contributed by atoms with Gasteiger partial charge in [0.2, 0.25) is 5.95 Å². The van der Waals surface area contributed by atoms with Gasteiger partial charge in [0.05, 0.1) is 16.6 Å². The second kappa shape index (κ2) is 7.56. The molecule has 1 aliphatic heterocycles. The van der Waals surface area contributed by atoms with Gasteiger partial charge in [0, 0.05) is 44.6 Å². The number of imidazole rings is 1. The number of fused-ring (bicyclic) bond motifs is 1. The summed E-state index contributed by atoms with van der Waals surface area (Å²) in [7, 11) is 2.10. The van der Waals surface area contributed by atoms with Crippen LogP contribution < -0.4 is 10.2 Å². The first-order chi connectivity index (χ1) is 14.7. The number of carbonyl (C=O) groups excluding carboxylic acids is 1. The zero-order valence-corrected chi connectivity index (χ0v) is 16.5. The summed E-state index contributed by atoms with van der Waals surface area (Å²) in [6.45, 7) is 3.69. The highest BCUT2D eigenvalue weighted by molar-refractivity contribution is 6.03. The first-order valence-corrected chi connectivity index (χ1v) is 9.73. The van der Waals surface area contributed by atoms with Crippen LogP contribution in [0.5, 0.6) is 0 Å². The maximum Gasteiger partial charge on any atom is 0.260 e. The van der Waals surface area contributed by atoms with Crippen LogP contribution in [0.4, 0.5) is 11.8 Å². The normalized spacial score (nSPS) is 14.9. The minimum atomic E-state index is -0.317. The molecule has 3 aromatic heterocycles. The molecule has 30 heavy (non-hydrogen) atoms. The van der Waals surface area contributed by atoms with Crippen molar-refractivity contribution in [1.82, 2.24) is 35.0 Å². The molecular formula is C20H21N9O. The van der Waals surface area contributed by atoms with E-state index >= 15 is 0 Å². The maximum atomic E-state index is 12.5. The smallest absolute Gasteiger partial charge is 0.260 e. The number of nitrogens with zero attached hydrogens (tertiary/aromatic N) is 6. The number of para-hydroxylation sites is 2. The van der Waals surface area contributed by atoms with Crippen molar-refractivity contribution in [1.29, 1.82) is 0 Å². The molecule has 10 heteroatoms. The zero-order valence-electron chi connectivity index (χ0n) is 16.5. The Balaban J connectivity index is 1.26. The van der Waals surface area contributed by atoms with E-state index in [4.69, 9.17) is 0 Å². The van der Waals surface area contributed by atoms with Crippen LogP contribution in [0.1, 0.15) is 10.4 Å². The average Bonchev–Trinajstić information content (AvgIpc) is 3.41. The molecule has 0 atom stereocenters. The lowest BCUT2D eigenvalue weighted by atomic mass is 10.3. The van der Waals surface area contributed by atoms with Gasteiger partial charge in [-0.15, -0.1) is 0 Å². The van der Waals surface area contributed by atoms with Crippen molar-refractivity contribution in [2.75, 3.05) is 43.4 Å². The summed E-state index contributed by atoms with van der Waals surface area (Å²) < 4.78 is 0. The van der Waals surface area contributed by atoms with Gasteiger partial charge in [-0.1, -0.05) is 12.1 Å². The molecule has 0 bridgehead atoms. The predicted octanol–water partition coefficient (Wildman–Crippen LogP) is 1.75. The van der Waals surface area contributed by atoms with E-state index in [1.54, 1.807) is 18.5 Å². The lowest BCUT2D eigenvalue weighted by molar-refractivity contribution is 0.102. The van der Waals surface area contributed by atoms with E-state index in [-0.39, 0.29) is 5.91 Å². The molecule has 4 aromatic rings. The molecule has 0 spiro atoms. The quantitative estimate of drug-likeness (QED) is 0.475. The number of carbonyl (C=O) groups is 1. The van der Waals surface area contributed by atoms with Gasteiger partial charge in [-0.25, -0.2) is 15.0 Å². The number of likely N-dealkylation sites (N-methyl/N-ethyl adjacent to an activating group) is 1. The summed E-state index contributed by atoms with van der Waals surface area (Å²) in [5, 5.41) is 9.81. The number of anilines is 2. The number of H-pyrrole nitrogens is 2. The van der Waals surface area contributed by atoms with E-state index < -0.39 is 0 Å². The monoisotopic (exact) mass is 403 g/mol. The van der Waals surface area contributed by atoms with Crippen molar-refractivity contribution in [2.45, 2.75) is 0 Å². The second-order valence-electron chi connectivity index (χ2n) is 7.29. The highest BCUT2D eigenvalue weighted by atomic mass is 16.1. The van der Waals surface area contributed by atoms with Gasteiger partial charge >= 0.3 is 0 Å². The van der Waals surface area contributed by atoms with E-state index in [2.05, 4.69) is 52.3 Å². The number of hydrogen-bond donors (Lipinski definition) is 3. The lowest BCUT2D eigenvalue weighted by Gasteiger charge is -2.32. The molecule has 0 unspecified atom stereocenters. The Labute approximate surface area is 172 Å². The summed E-state index contributed by atoms with van der Waals surface area (Å²) in [5.41, 5.74) is 2.86.